The number of halogens is 1. The van der Waals surface area contributed by atoms with Gasteiger partial charge in [0.05, 0.1) is 6.54 Å². The van der Waals surface area contributed by atoms with Crippen molar-refractivity contribution in [2.24, 2.45) is 0 Å². The average Bonchev–Trinajstić information content (AvgIpc) is 1.88. The standard InChI is InChI=1S/C8H10BrN/c9-8-3-1-2-7(6-8)4-5-10/h1-3,6H,4-5,10H2/p+1. The second-order valence-electron chi connectivity index (χ2n) is 2.23. The maximum Gasteiger partial charge on any atom is 0.0780 e. The molecule has 0 saturated carbocycles. The molecule has 0 fully saturated rings. The van der Waals surface area contributed by atoms with Gasteiger partial charge in [-0.15, -0.1) is 0 Å². The van der Waals surface area contributed by atoms with Gasteiger partial charge in [0.15, 0.2) is 0 Å². The number of rotatable bonds is 2. The summed E-state index contributed by atoms with van der Waals surface area (Å²) in [5.41, 5.74) is 5.15. The van der Waals surface area contributed by atoms with Crippen LogP contribution in [-0.2, 0) is 6.42 Å². The fraction of sp³-hybridized carbons (Fsp3) is 0.250. The van der Waals surface area contributed by atoms with E-state index in [1.54, 1.807) is 0 Å². The van der Waals surface area contributed by atoms with E-state index in [1.165, 1.54) is 5.56 Å². The molecular formula is C8H11BrN+. The number of quaternary nitrogens is 1. The summed E-state index contributed by atoms with van der Waals surface area (Å²) in [6.45, 7) is 0.969. The smallest absolute Gasteiger partial charge is 0.0780 e. The van der Waals surface area contributed by atoms with Crippen LogP contribution < -0.4 is 5.73 Å². The van der Waals surface area contributed by atoms with Crippen LogP contribution in [0.25, 0.3) is 0 Å². The van der Waals surface area contributed by atoms with Crippen molar-refractivity contribution in [3.05, 3.63) is 34.3 Å². The van der Waals surface area contributed by atoms with Gasteiger partial charge in [-0.25, -0.2) is 0 Å². The molecule has 0 aliphatic heterocycles. The van der Waals surface area contributed by atoms with Crippen LogP contribution in [0.15, 0.2) is 28.7 Å². The lowest BCUT2D eigenvalue weighted by Gasteiger charge is -1.95. The number of hydrogen-bond donors (Lipinski definition) is 1. The van der Waals surface area contributed by atoms with Gasteiger partial charge in [0.2, 0.25) is 0 Å². The predicted molar refractivity (Wildman–Crippen MR) is 45.6 cm³/mol. The minimum atomic E-state index is 0.969. The molecule has 3 N–H and O–H groups in total. The van der Waals surface area contributed by atoms with Crippen LogP contribution in [-0.4, -0.2) is 6.54 Å². The summed E-state index contributed by atoms with van der Waals surface area (Å²) in [4.78, 5) is 0. The van der Waals surface area contributed by atoms with Gasteiger partial charge in [-0.1, -0.05) is 28.1 Å². The summed E-state index contributed by atoms with van der Waals surface area (Å²) in [6.07, 6.45) is 1.07. The second kappa shape index (κ2) is 3.74. The summed E-state index contributed by atoms with van der Waals surface area (Å²) in [6, 6.07) is 8.34. The first-order valence-electron chi connectivity index (χ1n) is 3.36. The van der Waals surface area contributed by atoms with Crippen molar-refractivity contribution in [3.8, 4) is 0 Å². The van der Waals surface area contributed by atoms with Crippen molar-refractivity contribution >= 4 is 15.9 Å². The zero-order valence-corrected chi connectivity index (χ0v) is 7.39. The fourth-order valence-electron chi connectivity index (χ4n) is 0.897. The maximum atomic E-state index is 3.80. The highest BCUT2D eigenvalue weighted by molar-refractivity contribution is 9.10. The molecule has 0 unspecified atom stereocenters. The Morgan fingerprint density at radius 1 is 1.40 bits per heavy atom. The Balaban J connectivity index is 2.75. The zero-order valence-electron chi connectivity index (χ0n) is 5.81. The van der Waals surface area contributed by atoms with E-state index >= 15 is 0 Å². The molecule has 0 aliphatic rings. The Morgan fingerprint density at radius 2 is 2.20 bits per heavy atom. The molecule has 0 amide bonds. The van der Waals surface area contributed by atoms with Crippen molar-refractivity contribution in [3.63, 3.8) is 0 Å². The summed E-state index contributed by atoms with van der Waals surface area (Å²) < 4.78 is 1.15. The third-order valence-electron chi connectivity index (χ3n) is 1.35. The Hall–Kier alpha value is -0.340. The van der Waals surface area contributed by atoms with E-state index in [-0.39, 0.29) is 0 Å². The first kappa shape index (κ1) is 7.76. The van der Waals surface area contributed by atoms with Gasteiger partial charge in [-0.3, -0.25) is 0 Å². The van der Waals surface area contributed by atoms with Gasteiger partial charge in [0.1, 0.15) is 0 Å². The van der Waals surface area contributed by atoms with Crippen LogP contribution in [0.4, 0.5) is 0 Å². The quantitative estimate of drug-likeness (QED) is 0.745. The summed E-state index contributed by atoms with van der Waals surface area (Å²) >= 11 is 3.41. The number of hydrogen-bond acceptors (Lipinski definition) is 0. The van der Waals surface area contributed by atoms with E-state index in [0.29, 0.717) is 0 Å². The largest absolute Gasteiger partial charge is 0.357 e. The van der Waals surface area contributed by atoms with Crippen LogP contribution >= 0.6 is 15.9 Å². The summed E-state index contributed by atoms with van der Waals surface area (Å²) in [5, 5.41) is 0. The van der Waals surface area contributed by atoms with Crippen LogP contribution in [0.1, 0.15) is 5.56 Å². The molecule has 0 heterocycles. The third kappa shape index (κ3) is 2.12. The molecule has 1 aromatic carbocycles. The monoisotopic (exact) mass is 200 g/mol. The Labute approximate surface area is 69.4 Å². The van der Waals surface area contributed by atoms with Gasteiger partial charge in [0.25, 0.3) is 0 Å². The minimum Gasteiger partial charge on any atom is -0.357 e. The molecule has 0 atom stereocenters. The fourth-order valence-corrected chi connectivity index (χ4v) is 1.34. The van der Waals surface area contributed by atoms with Crippen LogP contribution in [0.5, 0.6) is 0 Å². The lowest BCUT2D eigenvalue weighted by atomic mass is 10.2. The van der Waals surface area contributed by atoms with E-state index < -0.39 is 0 Å². The van der Waals surface area contributed by atoms with E-state index in [9.17, 15) is 0 Å². The van der Waals surface area contributed by atoms with Crippen molar-refractivity contribution in [2.45, 2.75) is 6.42 Å². The topological polar surface area (TPSA) is 27.6 Å². The molecule has 0 spiro atoms. The second-order valence-corrected chi connectivity index (χ2v) is 3.15. The van der Waals surface area contributed by atoms with Crippen molar-refractivity contribution in [1.82, 2.24) is 0 Å². The van der Waals surface area contributed by atoms with Gasteiger partial charge in [-0.2, -0.15) is 0 Å². The molecule has 0 aliphatic carbocycles. The molecule has 2 heteroatoms. The van der Waals surface area contributed by atoms with Crippen LogP contribution in [0.3, 0.4) is 0 Å². The van der Waals surface area contributed by atoms with E-state index in [4.69, 9.17) is 0 Å². The summed E-state index contributed by atoms with van der Waals surface area (Å²) in [7, 11) is 0. The van der Waals surface area contributed by atoms with E-state index in [1.807, 2.05) is 6.07 Å². The van der Waals surface area contributed by atoms with Gasteiger partial charge in [0, 0.05) is 10.9 Å². The molecule has 0 radical (unpaired) electrons. The predicted octanol–water partition coefficient (Wildman–Crippen LogP) is 1.23. The first-order valence-corrected chi connectivity index (χ1v) is 4.16. The van der Waals surface area contributed by atoms with Crippen molar-refractivity contribution < 1.29 is 5.73 Å². The Kier molecular flexibility index (Phi) is 2.90. The molecule has 1 aromatic rings. The molecule has 54 valence electrons. The van der Waals surface area contributed by atoms with Crippen LogP contribution in [0, 0.1) is 0 Å². The number of benzene rings is 1. The lowest BCUT2D eigenvalue weighted by Crippen LogP contribution is -2.51. The normalized spacial score (nSPS) is 9.80. The van der Waals surface area contributed by atoms with E-state index in [0.717, 1.165) is 17.4 Å². The molecule has 0 saturated heterocycles. The molecule has 1 nitrogen and oxygen atoms in total. The minimum absolute atomic E-state index is 0.969. The van der Waals surface area contributed by atoms with Gasteiger partial charge < -0.3 is 5.73 Å². The summed E-state index contributed by atoms with van der Waals surface area (Å²) in [5.74, 6) is 0. The first-order chi connectivity index (χ1) is 4.83. The SMILES string of the molecule is [NH3+]CCc1cccc(Br)c1. The molecule has 0 aromatic heterocycles. The lowest BCUT2D eigenvalue weighted by molar-refractivity contribution is -0.366. The Bertz CT molecular complexity index is 210. The van der Waals surface area contributed by atoms with E-state index in [2.05, 4.69) is 39.9 Å². The average molecular weight is 201 g/mol. The zero-order chi connectivity index (χ0) is 7.40. The molecule has 1 rings (SSSR count). The highest BCUT2D eigenvalue weighted by atomic mass is 79.9. The van der Waals surface area contributed by atoms with Gasteiger partial charge >= 0.3 is 0 Å². The van der Waals surface area contributed by atoms with Crippen LogP contribution in [0.2, 0.25) is 0 Å². The maximum absolute atomic E-state index is 3.80. The highest BCUT2D eigenvalue weighted by Crippen LogP contribution is 2.11. The highest BCUT2D eigenvalue weighted by Gasteiger charge is 1.91. The molecular weight excluding hydrogens is 190 g/mol. The Morgan fingerprint density at radius 3 is 2.80 bits per heavy atom. The molecule has 0 bridgehead atoms. The van der Waals surface area contributed by atoms with Crippen molar-refractivity contribution in [2.75, 3.05) is 6.54 Å². The van der Waals surface area contributed by atoms with Gasteiger partial charge in [-0.05, 0) is 17.7 Å². The van der Waals surface area contributed by atoms with Crippen molar-refractivity contribution in [1.29, 1.82) is 0 Å². The molecule has 10 heavy (non-hydrogen) atoms. The third-order valence-corrected chi connectivity index (χ3v) is 1.85.